The molecular formula is C19H23NO3. The SMILES string of the molecule is CCC(O)CN(Cc1ccccc1)C(=O)OCc1ccccc1. The van der Waals surface area contributed by atoms with E-state index < -0.39 is 12.2 Å². The van der Waals surface area contributed by atoms with E-state index in [0.29, 0.717) is 13.0 Å². The molecule has 0 fully saturated rings. The van der Waals surface area contributed by atoms with E-state index >= 15 is 0 Å². The average molecular weight is 313 g/mol. The molecule has 0 saturated carbocycles. The fourth-order valence-electron chi connectivity index (χ4n) is 2.20. The van der Waals surface area contributed by atoms with E-state index in [1.807, 2.05) is 67.6 Å². The molecule has 2 aromatic carbocycles. The predicted octanol–water partition coefficient (Wildman–Crippen LogP) is 3.60. The number of hydrogen-bond donors (Lipinski definition) is 1. The molecule has 1 amide bonds. The molecule has 4 heteroatoms. The summed E-state index contributed by atoms with van der Waals surface area (Å²) in [5, 5.41) is 9.89. The number of benzene rings is 2. The van der Waals surface area contributed by atoms with E-state index in [4.69, 9.17) is 4.74 Å². The number of ether oxygens (including phenoxy) is 1. The van der Waals surface area contributed by atoms with Crippen LogP contribution < -0.4 is 0 Å². The first-order valence-corrected chi connectivity index (χ1v) is 7.86. The van der Waals surface area contributed by atoms with Gasteiger partial charge in [-0.1, -0.05) is 67.6 Å². The first-order chi connectivity index (χ1) is 11.2. The summed E-state index contributed by atoms with van der Waals surface area (Å²) in [6.07, 6.45) is -0.370. The highest BCUT2D eigenvalue weighted by Crippen LogP contribution is 2.10. The van der Waals surface area contributed by atoms with Crippen molar-refractivity contribution in [1.29, 1.82) is 0 Å². The molecule has 0 spiro atoms. The summed E-state index contributed by atoms with van der Waals surface area (Å²) in [6.45, 7) is 2.80. The average Bonchev–Trinajstić information content (AvgIpc) is 2.60. The summed E-state index contributed by atoms with van der Waals surface area (Å²) in [6, 6.07) is 19.3. The van der Waals surface area contributed by atoms with Crippen molar-refractivity contribution in [2.24, 2.45) is 0 Å². The van der Waals surface area contributed by atoms with Crippen molar-refractivity contribution in [2.45, 2.75) is 32.6 Å². The zero-order valence-electron chi connectivity index (χ0n) is 13.4. The number of carbonyl (C=O) groups is 1. The van der Waals surface area contributed by atoms with Gasteiger partial charge in [0.05, 0.1) is 12.6 Å². The lowest BCUT2D eigenvalue weighted by Crippen LogP contribution is -2.37. The number of rotatable bonds is 7. The third kappa shape index (κ3) is 5.75. The maximum absolute atomic E-state index is 12.4. The molecular weight excluding hydrogens is 290 g/mol. The molecule has 0 aliphatic carbocycles. The number of amides is 1. The number of aliphatic hydroxyl groups excluding tert-OH is 1. The minimum absolute atomic E-state index is 0.229. The van der Waals surface area contributed by atoms with Gasteiger partial charge in [-0.25, -0.2) is 4.79 Å². The van der Waals surface area contributed by atoms with Crippen LogP contribution >= 0.6 is 0 Å². The molecule has 0 aliphatic rings. The fraction of sp³-hybridized carbons (Fsp3) is 0.316. The molecule has 0 saturated heterocycles. The topological polar surface area (TPSA) is 49.8 Å². The molecule has 4 nitrogen and oxygen atoms in total. The lowest BCUT2D eigenvalue weighted by atomic mass is 10.2. The number of hydrogen-bond acceptors (Lipinski definition) is 3. The summed E-state index contributed by atoms with van der Waals surface area (Å²) in [4.78, 5) is 13.9. The highest BCUT2D eigenvalue weighted by atomic mass is 16.6. The molecule has 1 atom stereocenters. The van der Waals surface area contributed by atoms with Crippen LogP contribution in [0.15, 0.2) is 60.7 Å². The van der Waals surface area contributed by atoms with Gasteiger partial charge in [0.15, 0.2) is 0 Å². The van der Waals surface area contributed by atoms with Gasteiger partial charge in [-0.15, -0.1) is 0 Å². The van der Waals surface area contributed by atoms with Crippen LogP contribution in [-0.4, -0.2) is 28.7 Å². The van der Waals surface area contributed by atoms with Crippen molar-refractivity contribution in [1.82, 2.24) is 4.90 Å². The van der Waals surface area contributed by atoms with E-state index in [2.05, 4.69) is 0 Å². The quantitative estimate of drug-likeness (QED) is 0.849. The Labute approximate surface area is 137 Å². The largest absolute Gasteiger partial charge is 0.445 e. The number of nitrogens with zero attached hydrogens (tertiary/aromatic N) is 1. The highest BCUT2D eigenvalue weighted by molar-refractivity contribution is 5.67. The summed E-state index contributed by atoms with van der Waals surface area (Å²) >= 11 is 0. The summed E-state index contributed by atoms with van der Waals surface area (Å²) in [5.74, 6) is 0. The van der Waals surface area contributed by atoms with E-state index in [9.17, 15) is 9.90 Å². The summed E-state index contributed by atoms with van der Waals surface area (Å²) in [7, 11) is 0. The van der Waals surface area contributed by atoms with Crippen molar-refractivity contribution in [3.63, 3.8) is 0 Å². The highest BCUT2D eigenvalue weighted by Gasteiger charge is 2.18. The van der Waals surface area contributed by atoms with E-state index in [1.165, 1.54) is 0 Å². The summed E-state index contributed by atoms with van der Waals surface area (Å²) in [5.41, 5.74) is 1.95. The minimum atomic E-state index is -0.553. The van der Waals surface area contributed by atoms with Crippen molar-refractivity contribution in [3.8, 4) is 0 Å². The second-order valence-electron chi connectivity index (χ2n) is 5.47. The molecule has 23 heavy (non-hydrogen) atoms. The van der Waals surface area contributed by atoms with Crippen LogP contribution in [0.3, 0.4) is 0 Å². The molecule has 0 aliphatic heterocycles. The Hall–Kier alpha value is -2.33. The van der Waals surface area contributed by atoms with E-state index in [1.54, 1.807) is 4.90 Å². The van der Waals surface area contributed by atoms with Crippen molar-refractivity contribution >= 4 is 6.09 Å². The maximum Gasteiger partial charge on any atom is 0.410 e. The minimum Gasteiger partial charge on any atom is -0.445 e. The predicted molar refractivity (Wildman–Crippen MR) is 89.8 cm³/mol. The van der Waals surface area contributed by atoms with Crippen molar-refractivity contribution < 1.29 is 14.6 Å². The lowest BCUT2D eigenvalue weighted by molar-refractivity contribution is 0.0648. The maximum atomic E-state index is 12.4. The number of carbonyl (C=O) groups excluding carboxylic acids is 1. The Morgan fingerprint density at radius 3 is 2.17 bits per heavy atom. The van der Waals surface area contributed by atoms with Crippen LogP contribution in [0.2, 0.25) is 0 Å². The van der Waals surface area contributed by atoms with Crippen LogP contribution in [0.25, 0.3) is 0 Å². The Kier molecular flexibility index (Phi) is 6.63. The Bertz CT molecular complexity index is 586. The monoisotopic (exact) mass is 313 g/mol. The molecule has 122 valence electrons. The smallest absolute Gasteiger partial charge is 0.410 e. The summed E-state index contributed by atoms with van der Waals surface area (Å²) < 4.78 is 5.38. The zero-order valence-corrected chi connectivity index (χ0v) is 13.4. The molecule has 2 aromatic rings. The van der Waals surface area contributed by atoms with Gasteiger partial charge in [-0.3, -0.25) is 0 Å². The molecule has 0 bridgehead atoms. The second kappa shape index (κ2) is 8.96. The van der Waals surface area contributed by atoms with Gasteiger partial charge in [-0.05, 0) is 17.5 Å². The third-order valence-electron chi connectivity index (χ3n) is 3.58. The fourth-order valence-corrected chi connectivity index (χ4v) is 2.20. The molecule has 2 rings (SSSR count). The molecule has 0 heterocycles. The first kappa shape index (κ1) is 17.0. The third-order valence-corrected chi connectivity index (χ3v) is 3.58. The molecule has 1 N–H and O–H groups in total. The van der Waals surface area contributed by atoms with E-state index in [-0.39, 0.29) is 13.2 Å². The van der Waals surface area contributed by atoms with Gasteiger partial charge in [-0.2, -0.15) is 0 Å². The lowest BCUT2D eigenvalue weighted by Gasteiger charge is -2.24. The molecule has 0 radical (unpaired) electrons. The van der Waals surface area contributed by atoms with Gasteiger partial charge in [0.2, 0.25) is 0 Å². The van der Waals surface area contributed by atoms with Crippen LogP contribution in [-0.2, 0) is 17.9 Å². The van der Waals surface area contributed by atoms with Gasteiger partial charge < -0.3 is 14.7 Å². The van der Waals surface area contributed by atoms with Crippen LogP contribution in [0.4, 0.5) is 4.79 Å². The van der Waals surface area contributed by atoms with Crippen molar-refractivity contribution in [2.75, 3.05) is 6.54 Å². The van der Waals surface area contributed by atoms with Crippen molar-refractivity contribution in [3.05, 3.63) is 71.8 Å². The molecule has 1 unspecified atom stereocenters. The zero-order chi connectivity index (χ0) is 16.5. The van der Waals surface area contributed by atoms with E-state index in [0.717, 1.165) is 11.1 Å². The van der Waals surface area contributed by atoms with Gasteiger partial charge in [0.25, 0.3) is 0 Å². The first-order valence-electron chi connectivity index (χ1n) is 7.86. The van der Waals surface area contributed by atoms with Crippen LogP contribution in [0.5, 0.6) is 0 Å². The van der Waals surface area contributed by atoms with Gasteiger partial charge >= 0.3 is 6.09 Å². The van der Waals surface area contributed by atoms with Gasteiger partial charge in [0, 0.05) is 6.54 Å². The van der Waals surface area contributed by atoms with Gasteiger partial charge in [0.1, 0.15) is 6.61 Å². The number of aliphatic hydroxyl groups is 1. The van der Waals surface area contributed by atoms with Crippen LogP contribution in [0, 0.1) is 0 Å². The molecule has 0 aromatic heterocycles. The Balaban J connectivity index is 1.98. The Morgan fingerprint density at radius 2 is 1.61 bits per heavy atom. The Morgan fingerprint density at radius 1 is 1.04 bits per heavy atom. The van der Waals surface area contributed by atoms with Crippen LogP contribution in [0.1, 0.15) is 24.5 Å². The normalized spacial score (nSPS) is 11.7. The second-order valence-corrected chi connectivity index (χ2v) is 5.47. The standard InChI is InChI=1S/C19H23NO3/c1-2-18(21)14-20(13-16-9-5-3-6-10-16)19(22)23-15-17-11-7-4-8-12-17/h3-12,18,21H,2,13-15H2,1H3.